The van der Waals surface area contributed by atoms with Crippen LogP contribution in [0.1, 0.15) is 11.4 Å². The van der Waals surface area contributed by atoms with E-state index in [4.69, 9.17) is 15.2 Å². The standard InChI is InChI=1S/C17H18N4O2S2/c1-10-6-15(18)21-17(19-10)25-9-12-8-24-16(20-12)11-4-5-13(22-2)14(7-11)23-3/h4-8H,9H2,1-3H3,(H2,18,19,21). The van der Waals surface area contributed by atoms with Crippen molar-refractivity contribution in [1.29, 1.82) is 0 Å². The highest BCUT2D eigenvalue weighted by Crippen LogP contribution is 2.34. The minimum atomic E-state index is 0.485. The molecule has 3 aromatic rings. The molecule has 0 spiro atoms. The van der Waals surface area contributed by atoms with Crippen LogP contribution < -0.4 is 15.2 Å². The summed E-state index contributed by atoms with van der Waals surface area (Å²) in [6, 6.07) is 7.54. The molecule has 0 fully saturated rings. The highest BCUT2D eigenvalue weighted by Gasteiger charge is 2.10. The fraction of sp³-hybridized carbons (Fsp3) is 0.235. The first kappa shape index (κ1) is 17.5. The van der Waals surface area contributed by atoms with Crippen molar-refractivity contribution >= 4 is 28.9 Å². The first-order valence-corrected chi connectivity index (χ1v) is 9.36. The van der Waals surface area contributed by atoms with Crippen molar-refractivity contribution in [3.05, 3.63) is 41.0 Å². The molecule has 0 aliphatic rings. The van der Waals surface area contributed by atoms with E-state index in [2.05, 4.69) is 15.0 Å². The van der Waals surface area contributed by atoms with Gasteiger partial charge in [-0.2, -0.15) is 0 Å². The Morgan fingerprint density at radius 2 is 1.88 bits per heavy atom. The zero-order valence-corrected chi connectivity index (χ0v) is 15.8. The molecule has 0 aliphatic carbocycles. The van der Waals surface area contributed by atoms with Gasteiger partial charge in [-0.1, -0.05) is 11.8 Å². The molecule has 25 heavy (non-hydrogen) atoms. The molecule has 0 aliphatic heterocycles. The second-order valence-corrected chi connectivity index (χ2v) is 7.02. The van der Waals surface area contributed by atoms with Crippen molar-refractivity contribution in [2.45, 2.75) is 17.8 Å². The van der Waals surface area contributed by atoms with Gasteiger partial charge >= 0.3 is 0 Å². The molecular formula is C17H18N4O2S2. The van der Waals surface area contributed by atoms with E-state index < -0.39 is 0 Å². The molecule has 130 valence electrons. The molecule has 6 nitrogen and oxygen atoms in total. The molecule has 8 heteroatoms. The first-order chi connectivity index (χ1) is 12.1. The van der Waals surface area contributed by atoms with Gasteiger partial charge in [0.2, 0.25) is 0 Å². The summed E-state index contributed by atoms with van der Waals surface area (Å²) in [7, 11) is 3.25. The lowest BCUT2D eigenvalue weighted by molar-refractivity contribution is 0.355. The summed E-state index contributed by atoms with van der Waals surface area (Å²) in [6.45, 7) is 1.90. The maximum absolute atomic E-state index is 5.76. The number of aromatic nitrogens is 3. The summed E-state index contributed by atoms with van der Waals surface area (Å²) < 4.78 is 10.6. The van der Waals surface area contributed by atoms with Crippen LogP contribution in [0.15, 0.2) is 34.8 Å². The van der Waals surface area contributed by atoms with Crippen molar-refractivity contribution < 1.29 is 9.47 Å². The number of rotatable bonds is 6. The van der Waals surface area contributed by atoms with Gasteiger partial charge in [0, 0.05) is 28.5 Å². The number of nitrogens with zero attached hydrogens (tertiary/aromatic N) is 3. The Morgan fingerprint density at radius 3 is 2.60 bits per heavy atom. The molecule has 1 aromatic carbocycles. The van der Waals surface area contributed by atoms with Gasteiger partial charge in [0.15, 0.2) is 16.7 Å². The number of nitrogen functional groups attached to an aromatic ring is 1. The van der Waals surface area contributed by atoms with Gasteiger partial charge in [-0.05, 0) is 25.1 Å². The third kappa shape index (κ3) is 4.21. The molecular weight excluding hydrogens is 356 g/mol. The third-order valence-corrected chi connectivity index (χ3v) is 5.21. The van der Waals surface area contributed by atoms with Gasteiger partial charge in [-0.15, -0.1) is 11.3 Å². The van der Waals surface area contributed by atoms with Crippen LogP contribution >= 0.6 is 23.1 Å². The molecule has 2 heterocycles. The molecule has 0 saturated carbocycles. The number of aryl methyl sites for hydroxylation is 1. The highest BCUT2D eigenvalue weighted by atomic mass is 32.2. The molecule has 3 rings (SSSR count). The van der Waals surface area contributed by atoms with E-state index in [-0.39, 0.29) is 0 Å². The summed E-state index contributed by atoms with van der Waals surface area (Å²) in [6.07, 6.45) is 0. The van der Waals surface area contributed by atoms with Crippen molar-refractivity contribution in [3.63, 3.8) is 0 Å². The fourth-order valence-corrected chi connectivity index (χ4v) is 3.97. The predicted molar refractivity (Wildman–Crippen MR) is 101 cm³/mol. The number of hydrogen-bond donors (Lipinski definition) is 1. The molecule has 0 bridgehead atoms. The zero-order chi connectivity index (χ0) is 17.8. The summed E-state index contributed by atoms with van der Waals surface area (Å²) in [5.41, 5.74) is 8.59. The lowest BCUT2D eigenvalue weighted by Crippen LogP contribution is -1.96. The summed E-state index contributed by atoms with van der Waals surface area (Å²) in [5, 5.41) is 3.64. The zero-order valence-electron chi connectivity index (χ0n) is 14.1. The normalized spacial score (nSPS) is 10.7. The number of anilines is 1. The van der Waals surface area contributed by atoms with E-state index >= 15 is 0 Å². The molecule has 2 aromatic heterocycles. The fourth-order valence-electron chi connectivity index (χ4n) is 2.24. The van der Waals surface area contributed by atoms with Crippen LogP contribution in [0, 0.1) is 6.92 Å². The van der Waals surface area contributed by atoms with Gasteiger partial charge in [0.25, 0.3) is 0 Å². The van der Waals surface area contributed by atoms with Crippen LogP contribution in [0.5, 0.6) is 11.5 Å². The maximum Gasteiger partial charge on any atom is 0.190 e. The second kappa shape index (κ2) is 7.71. The van der Waals surface area contributed by atoms with Crippen LogP contribution in [0.25, 0.3) is 10.6 Å². The third-order valence-electron chi connectivity index (χ3n) is 3.38. The predicted octanol–water partition coefficient (Wildman–Crippen LogP) is 3.80. The number of benzene rings is 1. The van der Waals surface area contributed by atoms with Gasteiger partial charge in [-0.25, -0.2) is 15.0 Å². The molecule has 0 atom stereocenters. The van der Waals surface area contributed by atoms with E-state index in [0.717, 1.165) is 22.0 Å². The summed E-state index contributed by atoms with van der Waals surface area (Å²) >= 11 is 3.11. The van der Waals surface area contributed by atoms with E-state index in [0.29, 0.717) is 28.2 Å². The lowest BCUT2D eigenvalue weighted by atomic mass is 10.2. The van der Waals surface area contributed by atoms with Crippen molar-refractivity contribution in [3.8, 4) is 22.1 Å². The number of methoxy groups -OCH3 is 2. The minimum absolute atomic E-state index is 0.485. The Labute approximate surface area is 154 Å². The number of thiazole rings is 1. The van der Waals surface area contributed by atoms with E-state index in [9.17, 15) is 0 Å². The quantitative estimate of drug-likeness (QED) is 0.519. The number of thioether (sulfide) groups is 1. The summed E-state index contributed by atoms with van der Waals surface area (Å²) in [5.74, 6) is 2.56. The van der Waals surface area contributed by atoms with Crippen molar-refractivity contribution in [2.75, 3.05) is 20.0 Å². The number of ether oxygens (including phenoxy) is 2. The Kier molecular flexibility index (Phi) is 5.40. The second-order valence-electron chi connectivity index (χ2n) is 5.22. The van der Waals surface area contributed by atoms with Crippen LogP contribution in [-0.2, 0) is 5.75 Å². The molecule has 0 saturated heterocycles. The van der Waals surface area contributed by atoms with Crippen LogP contribution in [0.4, 0.5) is 5.82 Å². The van der Waals surface area contributed by atoms with Gasteiger partial charge in [0.05, 0.1) is 19.9 Å². The average molecular weight is 374 g/mol. The molecule has 2 N–H and O–H groups in total. The highest BCUT2D eigenvalue weighted by molar-refractivity contribution is 7.98. The van der Waals surface area contributed by atoms with Crippen molar-refractivity contribution in [2.24, 2.45) is 0 Å². The Morgan fingerprint density at radius 1 is 1.08 bits per heavy atom. The number of nitrogens with two attached hydrogens (primary N) is 1. The molecule has 0 unspecified atom stereocenters. The maximum atomic E-state index is 5.76. The number of hydrogen-bond acceptors (Lipinski definition) is 8. The Hall–Kier alpha value is -2.32. The summed E-state index contributed by atoms with van der Waals surface area (Å²) in [4.78, 5) is 13.3. The van der Waals surface area contributed by atoms with Gasteiger partial charge < -0.3 is 15.2 Å². The SMILES string of the molecule is COc1ccc(-c2nc(CSc3nc(C)cc(N)n3)cs2)cc1OC. The molecule has 0 amide bonds. The van der Waals surface area contributed by atoms with Crippen LogP contribution in [0.3, 0.4) is 0 Å². The molecule has 0 radical (unpaired) electrons. The van der Waals surface area contributed by atoms with Gasteiger partial charge in [-0.3, -0.25) is 0 Å². The largest absolute Gasteiger partial charge is 0.493 e. The Bertz CT molecular complexity index is 863. The minimum Gasteiger partial charge on any atom is -0.493 e. The first-order valence-electron chi connectivity index (χ1n) is 7.50. The van der Waals surface area contributed by atoms with Crippen molar-refractivity contribution in [1.82, 2.24) is 15.0 Å². The van der Waals surface area contributed by atoms with E-state index in [1.54, 1.807) is 31.6 Å². The topological polar surface area (TPSA) is 83.2 Å². The van der Waals surface area contributed by atoms with E-state index in [1.807, 2.05) is 30.5 Å². The lowest BCUT2D eigenvalue weighted by Gasteiger charge is -2.08. The van der Waals surface area contributed by atoms with Gasteiger partial charge in [0.1, 0.15) is 10.8 Å². The monoisotopic (exact) mass is 374 g/mol. The average Bonchev–Trinajstić information content (AvgIpc) is 3.07. The Balaban J connectivity index is 1.74. The van der Waals surface area contributed by atoms with Crippen LogP contribution in [-0.4, -0.2) is 29.2 Å². The smallest absolute Gasteiger partial charge is 0.190 e. The van der Waals surface area contributed by atoms with E-state index in [1.165, 1.54) is 11.8 Å². The van der Waals surface area contributed by atoms with Crippen LogP contribution in [0.2, 0.25) is 0 Å².